The van der Waals surface area contributed by atoms with E-state index in [0.29, 0.717) is 29.2 Å². The molecule has 0 amide bonds. The zero-order valence-corrected chi connectivity index (χ0v) is 15.2. The van der Waals surface area contributed by atoms with Gasteiger partial charge in [-0.05, 0) is 23.8 Å². The van der Waals surface area contributed by atoms with Gasteiger partial charge in [-0.1, -0.05) is 6.07 Å². The molecule has 2 aliphatic heterocycles. The molecular weight excluding hydrogens is 358 g/mol. The van der Waals surface area contributed by atoms with Crippen LogP contribution in [0.25, 0.3) is 22.4 Å². The number of hydrogen-bond acceptors (Lipinski definition) is 7. The van der Waals surface area contributed by atoms with Crippen LogP contribution in [-0.4, -0.2) is 56.9 Å². The van der Waals surface area contributed by atoms with Crippen LogP contribution >= 0.6 is 0 Å². The standard InChI is InChI=1S/C20H21N5O3/c26-19-5-12(13-8-21-22-9-13)1-2-17(19)18-3-4-20(25-24-18)28-16-6-14-10-27-11-15(7-16)23-14/h1-5,8-9,14-16,23,26H,6-7,10-11H2,(H,21,22)/t14-,15+,16?. The van der Waals surface area contributed by atoms with Gasteiger partial charge in [0.05, 0.1) is 25.1 Å². The molecule has 2 saturated heterocycles. The van der Waals surface area contributed by atoms with Crippen LogP contribution in [-0.2, 0) is 4.74 Å². The lowest BCUT2D eigenvalue weighted by molar-refractivity contribution is -0.0134. The number of rotatable bonds is 4. The van der Waals surface area contributed by atoms with Gasteiger partial charge in [0, 0.05) is 48.3 Å². The van der Waals surface area contributed by atoms with E-state index >= 15 is 0 Å². The highest BCUT2D eigenvalue weighted by molar-refractivity contribution is 5.73. The molecule has 2 aromatic heterocycles. The Bertz CT molecular complexity index is 933. The number of nitrogens with zero attached hydrogens (tertiary/aromatic N) is 3. The van der Waals surface area contributed by atoms with Crippen molar-refractivity contribution in [3.8, 4) is 34.0 Å². The van der Waals surface area contributed by atoms with Gasteiger partial charge in [0.25, 0.3) is 0 Å². The Labute approximate surface area is 161 Å². The summed E-state index contributed by atoms with van der Waals surface area (Å²) in [5.41, 5.74) is 3.01. The van der Waals surface area contributed by atoms with Crippen LogP contribution in [0, 0.1) is 0 Å². The van der Waals surface area contributed by atoms with E-state index in [2.05, 4.69) is 25.7 Å². The second-order valence-electron chi connectivity index (χ2n) is 7.28. The largest absolute Gasteiger partial charge is 0.507 e. The highest BCUT2D eigenvalue weighted by atomic mass is 16.5. The lowest BCUT2D eigenvalue weighted by atomic mass is 9.95. The van der Waals surface area contributed by atoms with Crippen LogP contribution in [0.15, 0.2) is 42.7 Å². The summed E-state index contributed by atoms with van der Waals surface area (Å²) in [5, 5.41) is 29.1. The highest BCUT2D eigenvalue weighted by Crippen LogP contribution is 2.32. The maximum Gasteiger partial charge on any atom is 0.233 e. The van der Waals surface area contributed by atoms with Gasteiger partial charge in [0.15, 0.2) is 0 Å². The van der Waals surface area contributed by atoms with Crippen LogP contribution < -0.4 is 10.1 Å². The smallest absolute Gasteiger partial charge is 0.233 e. The molecule has 2 aliphatic rings. The van der Waals surface area contributed by atoms with Gasteiger partial charge in [-0.3, -0.25) is 5.10 Å². The summed E-state index contributed by atoms with van der Waals surface area (Å²) in [6.45, 7) is 1.46. The first kappa shape index (κ1) is 17.2. The number of nitrogens with one attached hydrogen (secondary N) is 2. The molecule has 4 heterocycles. The number of aromatic hydroxyl groups is 1. The summed E-state index contributed by atoms with van der Waals surface area (Å²) < 4.78 is 11.6. The summed E-state index contributed by atoms with van der Waals surface area (Å²) in [7, 11) is 0. The van der Waals surface area contributed by atoms with Crippen molar-refractivity contribution in [1.82, 2.24) is 25.7 Å². The third-order valence-corrected chi connectivity index (χ3v) is 5.24. The van der Waals surface area contributed by atoms with E-state index in [0.717, 1.165) is 37.2 Å². The van der Waals surface area contributed by atoms with E-state index in [1.807, 2.05) is 18.2 Å². The summed E-state index contributed by atoms with van der Waals surface area (Å²) >= 11 is 0. The van der Waals surface area contributed by atoms with E-state index in [1.165, 1.54) is 0 Å². The molecule has 3 atom stereocenters. The molecule has 8 heteroatoms. The third-order valence-electron chi connectivity index (χ3n) is 5.24. The van der Waals surface area contributed by atoms with E-state index < -0.39 is 0 Å². The van der Waals surface area contributed by atoms with Crippen molar-refractivity contribution < 1.29 is 14.6 Å². The maximum absolute atomic E-state index is 10.4. The number of H-pyrrole nitrogens is 1. The average molecular weight is 379 g/mol. The molecule has 2 bridgehead atoms. The molecule has 28 heavy (non-hydrogen) atoms. The highest BCUT2D eigenvalue weighted by Gasteiger charge is 2.33. The summed E-state index contributed by atoms with van der Waals surface area (Å²) in [4.78, 5) is 0. The predicted octanol–water partition coefficient (Wildman–Crippen LogP) is 2.14. The van der Waals surface area contributed by atoms with E-state index in [1.54, 1.807) is 24.5 Å². The molecule has 0 saturated carbocycles. The van der Waals surface area contributed by atoms with Gasteiger partial charge < -0.3 is 19.9 Å². The van der Waals surface area contributed by atoms with Crippen LogP contribution in [0.4, 0.5) is 0 Å². The summed E-state index contributed by atoms with van der Waals surface area (Å²) in [5.74, 6) is 0.650. The van der Waals surface area contributed by atoms with Crippen LogP contribution in [0.2, 0.25) is 0 Å². The van der Waals surface area contributed by atoms with E-state index in [4.69, 9.17) is 9.47 Å². The minimum Gasteiger partial charge on any atom is -0.507 e. The van der Waals surface area contributed by atoms with Crippen molar-refractivity contribution in [3.05, 3.63) is 42.7 Å². The zero-order valence-electron chi connectivity index (χ0n) is 15.2. The second kappa shape index (κ2) is 7.21. The molecule has 0 radical (unpaired) electrons. The number of aromatic nitrogens is 4. The molecule has 8 nitrogen and oxygen atoms in total. The number of piperidine rings is 1. The minimum absolute atomic E-state index is 0.114. The maximum atomic E-state index is 10.4. The van der Waals surface area contributed by atoms with Crippen molar-refractivity contribution in [2.75, 3.05) is 13.2 Å². The van der Waals surface area contributed by atoms with Gasteiger partial charge >= 0.3 is 0 Å². The number of phenolic OH excluding ortho intramolecular Hbond substituents is 1. The first-order valence-electron chi connectivity index (χ1n) is 9.41. The Balaban J connectivity index is 1.30. The second-order valence-corrected chi connectivity index (χ2v) is 7.28. The molecule has 0 aliphatic carbocycles. The van der Waals surface area contributed by atoms with Gasteiger partial charge in [-0.15, -0.1) is 10.2 Å². The Hall–Kier alpha value is -2.97. The average Bonchev–Trinajstić information content (AvgIpc) is 3.23. The predicted molar refractivity (Wildman–Crippen MR) is 102 cm³/mol. The summed E-state index contributed by atoms with van der Waals surface area (Å²) in [6.07, 6.45) is 5.40. The first-order chi connectivity index (χ1) is 13.7. The monoisotopic (exact) mass is 379 g/mol. The Morgan fingerprint density at radius 1 is 1.04 bits per heavy atom. The van der Waals surface area contributed by atoms with Crippen molar-refractivity contribution in [2.45, 2.75) is 31.0 Å². The first-order valence-corrected chi connectivity index (χ1v) is 9.41. The molecule has 3 aromatic rings. The Morgan fingerprint density at radius 2 is 1.89 bits per heavy atom. The van der Waals surface area contributed by atoms with Crippen molar-refractivity contribution in [1.29, 1.82) is 0 Å². The molecular formula is C20H21N5O3. The van der Waals surface area contributed by atoms with Gasteiger partial charge in [-0.25, -0.2) is 0 Å². The quantitative estimate of drug-likeness (QED) is 0.638. The third kappa shape index (κ3) is 3.44. The topological polar surface area (TPSA) is 105 Å². The molecule has 2 fully saturated rings. The van der Waals surface area contributed by atoms with Gasteiger partial charge in [-0.2, -0.15) is 5.10 Å². The van der Waals surface area contributed by atoms with Crippen LogP contribution in [0.1, 0.15) is 12.8 Å². The number of hydrogen-bond donors (Lipinski definition) is 3. The van der Waals surface area contributed by atoms with Crippen molar-refractivity contribution in [2.24, 2.45) is 0 Å². The van der Waals surface area contributed by atoms with Crippen LogP contribution in [0.5, 0.6) is 11.6 Å². The molecule has 1 unspecified atom stereocenters. The number of fused-ring (bicyclic) bond motifs is 2. The van der Waals surface area contributed by atoms with Crippen LogP contribution in [0.3, 0.4) is 0 Å². The molecule has 144 valence electrons. The molecule has 0 spiro atoms. The fraction of sp³-hybridized carbons (Fsp3) is 0.350. The Morgan fingerprint density at radius 3 is 2.57 bits per heavy atom. The lowest BCUT2D eigenvalue weighted by Gasteiger charge is -2.39. The Kier molecular flexibility index (Phi) is 4.42. The molecule has 1 aromatic carbocycles. The molecule has 3 N–H and O–H groups in total. The number of morpholine rings is 1. The minimum atomic E-state index is 0.114. The van der Waals surface area contributed by atoms with Crippen molar-refractivity contribution in [3.63, 3.8) is 0 Å². The van der Waals surface area contributed by atoms with E-state index in [-0.39, 0.29) is 11.9 Å². The molecule has 5 rings (SSSR count). The fourth-order valence-corrected chi connectivity index (χ4v) is 3.92. The number of ether oxygens (including phenoxy) is 2. The van der Waals surface area contributed by atoms with E-state index in [9.17, 15) is 5.11 Å². The summed E-state index contributed by atoms with van der Waals surface area (Å²) in [6, 6.07) is 9.76. The zero-order chi connectivity index (χ0) is 18.9. The number of benzene rings is 1. The lowest BCUT2D eigenvalue weighted by Crippen LogP contribution is -2.56. The number of aromatic amines is 1. The SMILES string of the molecule is Oc1cc(-c2cn[nH]c2)ccc1-c1ccc(OC2C[C@H]3COC[C@@H](C2)N3)nn1. The van der Waals surface area contributed by atoms with Gasteiger partial charge in [0.2, 0.25) is 5.88 Å². The number of phenols is 1. The van der Waals surface area contributed by atoms with Crippen molar-refractivity contribution >= 4 is 0 Å². The van der Waals surface area contributed by atoms with Gasteiger partial charge in [0.1, 0.15) is 11.9 Å². The fourth-order valence-electron chi connectivity index (χ4n) is 3.92. The normalized spacial score (nSPS) is 24.1.